The Bertz CT molecular complexity index is 1390. The average Bonchev–Trinajstić information content (AvgIpc) is 4.06. The number of carboxylic acid groups (broad SMARTS) is 1. The number of carboxylic acids is 1. The summed E-state index contributed by atoms with van der Waals surface area (Å²) in [4.78, 5) is 39.3. The largest absolute Gasteiger partial charge is 0.478 e. The summed E-state index contributed by atoms with van der Waals surface area (Å²) < 4.78 is 41.5. The first kappa shape index (κ1) is 58.1. The lowest BCUT2D eigenvalue weighted by Crippen LogP contribution is -2.42. The van der Waals surface area contributed by atoms with Crippen LogP contribution in [-0.2, 0) is 47.5 Å². The maximum absolute atomic E-state index is 13.3. The molecule has 0 aliphatic carbocycles. The average molecular weight is 975 g/mol. The van der Waals surface area contributed by atoms with Crippen LogP contribution in [0.5, 0.6) is 0 Å². The summed E-state index contributed by atoms with van der Waals surface area (Å²) in [5.74, 6) is -2.56. The van der Waals surface area contributed by atoms with Crippen molar-refractivity contribution < 1.29 is 52.6 Å². The van der Waals surface area contributed by atoms with Gasteiger partial charge in [0.1, 0.15) is 6.10 Å². The van der Waals surface area contributed by atoms with Gasteiger partial charge in [0, 0.05) is 31.6 Å². The first-order valence-corrected chi connectivity index (χ1v) is 29.6. The third kappa shape index (κ3) is 24.7. The van der Waals surface area contributed by atoms with E-state index in [9.17, 15) is 19.5 Å². The molecule has 13 unspecified atom stereocenters. The van der Waals surface area contributed by atoms with Crippen molar-refractivity contribution in [1.29, 1.82) is 0 Å². The predicted octanol–water partition coefficient (Wildman–Crippen LogP) is 14.3. The normalized spacial score (nSPS) is 27.7. The second-order valence-corrected chi connectivity index (χ2v) is 22.0. The lowest BCUT2D eigenvalue weighted by atomic mass is 9.88. The van der Waals surface area contributed by atoms with E-state index in [0.717, 1.165) is 116 Å². The summed E-state index contributed by atoms with van der Waals surface area (Å²) in [6.07, 6.45) is 41.4. The second-order valence-electron chi connectivity index (χ2n) is 22.0. The Morgan fingerprint density at radius 1 is 0.391 bits per heavy atom. The molecule has 0 bridgehead atoms. The van der Waals surface area contributed by atoms with Gasteiger partial charge in [-0.05, 0) is 64.2 Å². The van der Waals surface area contributed by atoms with E-state index in [1.165, 1.54) is 96.3 Å². The molecule has 400 valence electrons. The molecule has 13 atom stereocenters. The Hall–Kier alpha value is -1.79. The summed E-state index contributed by atoms with van der Waals surface area (Å²) in [5, 5.41) is 10.5. The minimum Gasteiger partial charge on any atom is -0.478 e. The van der Waals surface area contributed by atoms with E-state index in [1.54, 1.807) is 0 Å². The van der Waals surface area contributed by atoms with E-state index in [-0.39, 0.29) is 12.4 Å². The molecule has 5 fully saturated rings. The molecule has 11 heteroatoms. The van der Waals surface area contributed by atoms with Crippen molar-refractivity contribution in [3.05, 3.63) is 0 Å². The molecule has 5 rings (SSSR count). The Morgan fingerprint density at radius 3 is 1.10 bits per heavy atom. The molecule has 5 aliphatic rings. The number of unbranched alkanes of at least 4 members (excludes halogenated alkanes) is 20. The molecule has 69 heavy (non-hydrogen) atoms. The molecular formula is C58H102O11. The highest BCUT2D eigenvalue weighted by Crippen LogP contribution is 2.41. The molecule has 5 heterocycles. The lowest BCUT2D eigenvalue weighted by molar-refractivity contribution is -0.176. The van der Waals surface area contributed by atoms with E-state index in [1.807, 2.05) is 6.92 Å². The molecule has 11 nitrogen and oxygen atoms in total. The molecule has 5 aliphatic heterocycles. The van der Waals surface area contributed by atoms with Crippen LogP contribution >= 0.6 is 0 Å². The third-order valence-corrected chi connectivity index (χ3v) is 16.0. The standard InChI is InChI=1S/C58H102O11/c1-5-9-12-14-17-26-34-45-46(63-45)35-29-22-24-32-43(44(8-4)68-55(59)39-30-20-15-18-27-37-49-53(66-49)41-51-47(64-51)33-23-11-7-3)57(58(61)62)69-56(60)40-31-21-16-19-28-38-50-54(67-50)42-52-48(65-52)36-25-13-10-6-2/h43-54,57H,5-42H2,1-4H3,(H,61,62). The number of esters is 2. The van der Waals surface area contributed by atoms with Gasteiger partial charge < -0.3 is 38.3 Å². The Balaban J connectivity index is 0.953. The fourth-order valence-corrected chi connectivity index (χ4v) is 11.1. The number of hydrogen-bond donors (Lipinski definition) is 1. The van der Waals surface area contributed by atoms with Gasteiger partial charge in [-0.25, -0.2) is 4.79 Å². The van der Waals surface area contributed by atoms with E-state index in [0.29, 0.717) is 86.7 Å². The summed E-state index contributed by atoms with van der Waals surface area (Å²) in [5.41, 5.74) is 0. The number of rotatable bonds is 48. The summed E-state index contributed by atoms with van der Waals surface area (Å²) in [6, 6.07) is 0. The van der Waals surface area contributed by atoms with Crippen molar-refractivity contribution in [3.8, 4) is 0 Å². The van der Waals surface area contributed by atoms with Crippen molar-refractivity contribution in [2.75, 3.05) is 0 Å². The van der Waals surface area contributed by atoms with Crippen LogP contribution < -0.4 is 0 Å². The maximum Gasteiger partial charge on any atom is 0.345 e. The molecule has 0 saturated carbocycles. The minimum absolute atomic E-state index is 0.187. The molecule has 0 spiro atoms. The van der Waals surface area contributed by atoms with Crippen molar-refractivity contribution in [2.45, 2.75) is 345 Å². The van der Waals surface area contributed by atoms with Crippen molar-refractivity contribution >= 4 is 17.9 Å². The van der Waals surface area contributed by atoms with Crippen molar-refractivity contribution in [2.24, 2.45) is 5.92 Å². The van der Waals surface area contributed by atoms with Crippen LogP contribution in [0.4, 0.5) is 0 Å². The van der Waals surface area contributed by atoms with E-state index in [2.05, 4.69) is 20.8 Å². The zero-order chi connectivity index (χ0) is 49.1. The number of carbonyl (C=O) groups is 3. The zero-order valence-electron chi connectivity index (χ0n) is 44.4. The Labute approximate surface area is 420 Å². The van der Waals surface area contributed by atoms with Crippen LogP contribution in [0, 0.1) is 5.92 Å². The molecule has 0 aromatic heterocycles. The number of hydrogen-bond acceptors (Lipinski definition) is 10. The smallest absolute Gasteiger partial charge is 0.345 e. The molecule has 1 N–H and O–H groups in total. The topological polar surface area (TPSA) is 153 Å². The van der Waals surface area contributed by atoms with E-state index in [4.69, 9.17) is 33.2 Å². The fraction of sp³-hybridized carbons (Fsp3) is 0.948. The molecule has 0 amide bonds. The number of carbonyl (C=O) groups excluding carboxylic acids is 2. The first-order valence-electron chi connectivity index (χ1n) is 29.6. The SMILES string of the molecule is CCCCCCCCC1OC1CCCCCC(C(CC)OC(=O)CCCCCCCC1OC1CC1OC1CCCCC)C(OC(=O)CCCCCCCC1OC1CC1OC1CCCCCC)C(=O)O. The molecule has 0 aromatic carbocycles. The quantitative estimate of drug-likeness (QED) is 0.0352. The summed E-state index contributed by atoms with van der Waals surface area (Å²) >= 11 is 0. The molecule has 5 saturated heterocycles. The Morgan fingerprint density at radius 2 is 0.696 bits per heavy atom. The van der Waals surface area contributed by atoms with E-state index < -0.39 is 30.1 Å². The highest BCUT2D eigenvalue weighted by atomic mass is 16.6. The van der Waals surface area contributed by atoms with Crippen LogP contribution in [-0.4, -0.2) is 96.3 Å². The van der Waals surface area contributed by atoms with Crippen LogP contribution in [0.1, 0.15) is 272 Å². The molecule has 0 radical (unpaired) electrons. The minimum atomic E-state index is -1.35. The van der Waals surface area contributed by atoms with Crippen LogP contribution in [0.15, 0.2) is 0 Å². The third-order valence-electron chi connectivity index (χ3n) is 16.0. The van der Waals surface area contributed by atoms with Gasteiger partial charge in [-0.15, -0.1) is 0 Å². The Kier molecular flexibility index (Phi) is 28.5. The fourth-order valence-electron chi connectivity index (χ4n) is 11.1. The van der Waals surface area contributed by atoms with Crippen LogP contribution in [0.2, 0.25) is 0 Å². The van der Waals surface area contributed by atoms with Gasteiger partial charge in [-0.1, -0.05) is 182 Å². The highest BCUT2D eigenvalue weighted by Gasteiger charge is 2.48. The van der Waals surface area contributed by atoms with Gasteiger partial charge in [0.05, 0.1) is 61.0 Å². The monoisotopic (exact) mass is 975 g/mol. The highest BCUT2D eigenvalue weighted by molar-refractivity contribution is 5.78. The number of ether oxygens (including phenoxy) is 7. The van der Waals surface area contributed by atoms with Crippen molar-refractivity contribution in [1.82, 2.24) is 0 Å². The predicted molar refractivity (Wildman–Crippen MR) is 272 cm³/mol. The van der Waals surface area contributed by atoms with Gasteiger partial charge in [-0.3, -0.25) is 9.59 Å². The van der Waals surface area contributed by atoms with Gasteiger partial charge in [0.25, 0.3) is 0 Å². The van der Waals surface area contributed by atoms with E-state index >= 15 is 0 Å². The number of epoxide rings is 5. The summed E-state index contributed by atoms with van der Waals surface area (Å²) in [6.45, 7) is 8.66. The van der Waals surface area contributed by atoms with Crippen LogP contribution in [0.3, 0.4) is 0 Å². The first-order chi connectivity index (χ1) is 33.7. The van der Waals surface area contributed by atoms with Gasteiger partial charge in [-0.2, -0.15) is 0 Å². The lowest BCUT2D eigenvalue weighted by Gasteiger charge is -2.30. The van der Waals surface area contributed by atoms with Crippen LogP contribution in [0.25, 0.3) is 0 Å². The molecule has 0 aromatic rings. The second kappa shape index (κ2) is 33.8. The van der Waals surface area contributed by atoms with Gasteiger partial charge >= 0.3 is 17.9 Å². The zero-order valence-corrected chi connectivity index (χ0v) is 44.4. The maximum atomic E-state index is 13.3. The van der Waals surface area contributed by atoms with Crippen molar-refractivity contribution in [3.63, 3.8) is 0 Å². The molecular weight excluding hydrogens is 873 g/mol. The summed E-state index contributed by atoms with van der Waals surface area (Å²) in [7, 11) is 0. The van der Waals surface area contributed by atoms with Gasteiger partial charge in [0.15, 0.2) is 0 Å². The number of aliphatic carboxylic acids is 1. The van der Waals surface area contributed by atoms with Gasteiger partial charge in [0.2, 0.25) is 6.10 Å².